The molecule has 1 N–H and O–H groups in total. The second-order valence-corrected chi connectivity index (χ2v) is 6.92. The topological polar surface area (TPSA) is 54.0 Å². The van der Waals surface area contributed by atoms with Gasteiger partial charge in [0, 0.05) is 32.7 Å². The lowest BCUT2D eigenvalue weighted by Gasteiger charge is -2.37. The van der Waals surface area contributed by atoms with E-state index in [1.807, 2.05) is 24.8 Å². The Morgan fingerprint density at radius 1 is 1.16 bits per heavy atom. The number of benzene rings is 1. The molecule has 0 unspecified atom stereocenters. The van der Waals surface area contributed by atoms with Crippen LogP contribution in [0.3, 0.4) is 0 Å². The molecule has 0 saturated carbocycles. The maximum absolute atomic E-state index is 12.6. The van der Waals surface area contributed by atoms with Gasteiger partial charge in [-0.25, -0.2) is 4.79 Å². The molecule has 3 atom stereocenters. The molecule has 3 rings (SSSR count). The fourth-order valence-corrected chi connectivity index (χ4v) is 3.66. The van der Waals surface area contributed by atoms with Gasteiger partial charge in [0.05, 0.1) is 31.5 Å². The Balaban J connectivity index is 1.63. The molecule has 2 heterocycles. The highest BCUT2D eigenvalue weighted by Gasteiger charge is 2.28. The predicted molar refractivity (Wildman–Crippen MR) is 96.6 cm³/mol. The van der Waals surface area contributed by atoms with E-state index in [9.17, 15) is 4.79 Å². The van der Waals surface area contributed by atoms with E-state index in [1.54, 1.807) is 0 Å². The number of urea groups is 1. The lowest BCUT2D eigenvalue weighted by Crippen LogP contribution is -2.53. The largest absolute Gasteiger partial charge is 0.379 e. The molecule has 0 aliphatic carbocycles. The molecule has 1 aromatic rings. The third-order valence-corrected chi connectivity index (χ3v) is 4.82. The van der Waals surface area contributed by atoms with Gasteiger partial charge in [-0.2, -0.15) is 0 Å². The Bertz CT molecular complexity index is 538. The van der Waals surface area contributed by atoms with Crippen LogP contribution in [0, 0.1) is 0 Å². The third-order valence-electron chi connectivity index (χ3n) is 4.82. The molecule has 2 fully saturated rings. The monoisotopic (exact) mass is 347 g/mol. The Kier molecular flexibility index (Phi) is 6.29. The molecule has 0 radical (unpaired) electrons. The van der Waals surface area contributed by atoms with Crippen LogP contribution in [0.15, 0.2) is 30.3 Å². The van der Waals surface area contributed by atoms with Crippen LogP contribution >= 0.6 is 0 Å². The SMILES string of the molecule is C[C@@H]1CN(C(=O)NC[C@H](c2ccccc2)N2CCOCC2)C[C@@H](C)O1. The van der Waals surface area contributed by atoms with Gasteiger partial charge in [-0.3, -0.25) is 4.90 Å². The first-order valence-electron chi connectivity index (χ1n) is 9.18. The summed E-state index contributed by atoms with van der Waals surface area (Å²) in [6.45, 7) is 9.18. The molecule has 6 heteroatoms. The van der Waals surface area contributed by atoms with E-state index in [1.165, 1.54) is 5.56 Å². The second kappa shape index (κ2) is 8.65. The number of ether oxygens (including phenoxy) is 2. The van der Waals surface area contributed by atoms with Gasteiger partial charge in [-0.1, -0.05) is 30.3 Å². The fraction of sp³-hybridized carbons (Fsp3) is 0.632. The van der Waals surface area contributed by atoms with Crippen molar-refractivity contribution in [3.8, 4) is 0 Å². The van der Waals surface area contributed by atoms with E-state index in [2.05, 4.69) is 34.5 Å². The van der Waals surface area contributed by atoms with Crippen LogP contribution in [0.2, 0.25) is 0 Å². The van der Waals surface area contributed by atoms with Crippen molar-refractivity contribution in [3.63, 3.8) is 0 Å². The molecular weight excluding hydrogens is 318 g/mol. The summed E-state index contributed by atoms with van der Waals surface area (Å²) >= 11 is 0. The molecule has 138 valence electrons. The second-order valence-electron chi connectivity index (χ2n) is 6.92. The zero-order valence-electron chi connectivity index (χ0n) is 15.2. The van der Waals surface area contributed by atoms with Crippen molar-refractivity contribution < 1.29 is 14.3 Å². The number of hydrogen-bond acceptors (Lipinski definition) is 4. The summed E-state index contributed by atoms with van der Waals surface area (Å²) in [6, 6.07) is 10.6. The van der Waals surface area contributed by atoms with Gasteiger partial charge in [-0.05, 0) is 19.4 Å². The summed E-state index contributed by atoms with van der Waals surface area (Å²) in [5.74, 6) is 0. The minimum absolute atomic E-state index is 0.00353. The summed E-state index contributed by atoms with van der Waals surface area (Å²) in [7, 11) is 0. The molecule has 2 saturated heterocycles. The van der Waals surface area contributed by atoms with Gasteiger partial charge in [0.2, 0.25) is 0 Å². The van der Waals surface area contributed by atoms with Crippen molar-refractivity contribution in [2.75, 3.05) is 45.9 Å². The summed E-state index contributed by atoms with van der Waals surface area (Å²) in [6.07, 6.45) is 0.164. The molecule has 0 aromatic heterocycles. The van der Waals surface area contributed by atoms with Crippen LogP contribution in [0.25, 0.3) is 0 Å². The van der Waals surface area contributed by atoms with Crippen LogP contribution in [0.4, 0.5) is 4.79 Å². The average molecular weight is 347 g/mol. The van der Waals surface area contributed by atoms with E-state index in [-0.39, 0.29) is 24.3 Å². The van der Waals surface area contributed by atoms with Gasteiger partial charge in [0.1, 0.15) is 0 Å². The average Bonchev–Trinajstić information content (AvgIpc) is 2.63. The smallest absolute Gasteiger partial charge is 0.317 e. The minimum Gasteiger partial charge on any atom is -0.379 e. The Morgan fingerprint density at radius 2 is 1.80 bits per heavy atom. The van der Waals surface area contributed by atoms with Crippen LogP contribution in [-0.4, -0.2) is 74.0 Å². The maximum Gasteiger partial charge on any atom is 0.317 e. The quantitative estimate of drug-likeness (QED) is 0.904. The van der Waals surface area contributed by atoms with E-state index >= 15 is 0 Å². The first-order valence-corrected chi connectivity index (χ1v) is 9.18. The first-order chi connectivity index (χ1) is 12.1. The van der Waals surface area contributed by atoms with E-state index in [4.69, 9.17) is 9.47 Å². The molecule has 0 bridgehead atoms. The number of carbonyl (C=O) groups is 1. The van der Waals surface area contributed by atoms with Gasteiger partial charge < -0.3 is 19.7 Å². The molecule has 2 amide bonds. The van der Waals surface area contributed by atoms with Crippen LogP contribution < -0.4 is 5.32 Å². The molecule has 25 heavy (non-hydrogen) atoms. The number of nitrogens with one attached hydrogen (secondary N) is 1. The van der Waals surface area contributed by atoms with Gasteiger partial charge in [-0.15, -0.1) is 0 Å². The molecule has 2 aliphatic heterocycles. The third kappa shape index (κ3) is 4.93. The van der Waals surface area contributed by atoms with Gasteiger partial charge in [0.25, 0.3) is 0 Å². The summed E-state index contributed by atoms with van der Waals surface area (Å²) < 4.78 is 11.2. The van der Waals surface area contributed by atoms with E-state index in [0.717, 1.165) is 26.3 Å². The maximum atomic E-state index is 12.6. The molecule has 2 aliphatic rings. The predicted octanol–water partition coefficient (Wildman–Crippen LogP) is 1.88. The van der Waals surface area contributed by atoms with Crippen LogP contribution in [0.5, 0.6) is 0 Å². The van der Waals surface area contributed by atoms with Crippen LogP contribution in [-0.2, 0) is 9.47 Å². The van der Waals surface area contributed by atoms with Crippen molar-refractivity contribution in [3.05, 3.63) is 35.9 Å². The Hall–Kier alpha value is -1.63. The Morgan fingerprint density at radius 3 is 2.44 bits per heavy atom. The number of nitrogens with zero attached hydrogens (tertiary/aromatic N) is 2. The lowest BCUT2D eigenvalue weighted by atomic mass is 10.0. The van der Waals surface area contributed by atoms with Crippen molar-refractivity contribution >= 4 is 6.03 Å². The fourth-order valence-electron chi connectivity index (χ4n) is 3.66. The van der Waals surface area contributed by atoms with E-state index in [0.29, 0.717) is 19.6 Å². The zero-order chi connectivity index (χ0) is 17.6. The lowest BCUT2D eigenvalue weighted by molar-refractivity contribution is -0.0547. The summed E-state index contributed by atoms with van der Waals surface area (Å²) in [5.41, 5.74) is 1.23. The Labute approximate surface area is 150 Å². The van der Waals surface area contributed by atoms with Gasteiger partial charge >= 0.3 is 6.03 Å². The van der Waals surface area contributed by atoms with E-state index < -0.39 is 0 Å². The number of carbonyl (C=O) groups excluding carboxylic acids is 1. The first kappa shape index (κ1) is 18.2. The number of amides is 2. The van der Waals surface area contributed by atoms with Crippen LogP contribution in [0.1, 0.15) is 25.5 Å². The minimum atomic E-state index is -0.00353. The van der Waals surface area contributed by atoms with Crippen molar-refractivity contribution in [1.82, 2.24) is 15.1 Å². The summed E-state index contributed by atoms with van der Waals surface area (Å²) in [4.78, 5) is 16.9. The normalized spacial score (nSPS) is 26.2. The van der Waals surface area contributed by atoms with Crippen molar-refractivity contribution in [2.24, 2.45) is 0 Å². The van der Waals surface area contributed by atoms with Gasteiger partial charge in [0.15, 0.2) is 0 Å². The summed E-state index contributed by atoms with van der Waals surface area (Å²) in [5, 5.41) is 3.14. The zero-order valence-corrected chi connectivity index (χ0v) is 15.2. The standard InChI is InChI=1S/C19H29N3O3/c1-15-13-22(14-16(2)25-15)19(23)20-12-18(17-6-4-3-5-7-17)21-8-10-24-11-9-21/h3-7,15-16,18H,8-14H2,1-2H3,(H,20,23)/t15-,16-,18-/m1/s1. The van der Waals surface area contributed by atoms with Crippen molar-refractivity contribution in [2.45, 2.75) is 32.1 Å². The highest BCUT2D eigenvalue weighted by Crippen LogP contribution is 2.21. The number of morpholine rings is 2. The highest BCUT2D eigenvalue weighted by molar-refractivity contribution is 5.74. The number of rotatable bonds is 4. The molecule has 0 spiro atoms. The highest BCUT2D eigenvalue weighted by atomic mass is 16.5. The van der Waals surface area contributed by atoms with Crippen molar-refractivity contribution in [1.29, 1.82) is 0 Å². The molecule has 6 nitrogen and oxygen atoms in total. The number of hydrogen-bond donors (Lipinski definition) is 1. The molecule has 1 aromatic carbocycles. The molecular formula is C19H29N3O3.